The SMILES string of the molecule is CC1OC2OC3=C(SC2C(O)C1O)C(=O)N(c1ccccc1)CC3. The summed E-state index contributed by atoms with van der Waals surface area (Å²) in [7, 11) is 0. The monoisotopic (exact) mass is 349 g/mol. The highest BCUT2D eigenvalue weighted by Gasteiger charge is 2.49. The van der Waals surface area contributed by atoms with Crippen LogP contribution < -0.4 is 4.90 Å². The number of hydrogen-bond acceptors (Lipinski definition) is 6. The lowest BCUT2D eigenvalue weighted by Gasteiger charge is -2.45. The third kappa shape index (κ3) is 2.52. The lowest BCUT2D eigenvalue weighted by molar-refractivity contribution is -0.231. The van der Waals surface area contributed by atoms with Gasteiger partial charge in [0.25, 0.3) is 5.91 Å². The van der Waals surface area contributed by atoms with Crippen molar-refractivity contribution in [1.29, 1.82) is 0 Å². The van der Waals surface area contributed by atoms with Crippen molar-refractivity contribution in [3.8, 4) is 0 Å². The smallest absolute Gasteiger partial charge is 0.268 e. The van der Waals surface area contributed by atoms with Crippen LogP contribution in [0.15, 0.2) is 41.0 Å². The molecule has 0 aromatic heterocycles. The van der Waals surface area contributed by atoms with Gasteiger partial charge in [0.2, 0.25) is 6.29 Å². The number of nitrogens with zero attached hydrogens (tertiary/aromatic N) is 1. The number of anilines is 1. The van der Waals surface area contributed by atoms with E-state index in [1.807, 2.05) is 30.3 Å². The van der Waals surface area contributed by atoms with Crippen LogP contribution in [0.4, 0.5) is 5.69 Å². The summed E-state index contributed by atoms with van der Waals surface area (Å²) in [5, 5.41) is 19.8. The normalized spacial score (nSPS) is 36.0. The predicted molar refractivity (Wildman–Crippen MR) is 89.3 cm³/mol. The summed E-state index contributed by atoms with van der Waals surface area (Å²) in [6, 6.07) is 9.48. The van der Waals surface area contributed by atoms with E-state index < -0.39 is 29.9 Å². The summed E-state index contributed by atoms with van der Waals surface area (Å²) in [4.78, 5) is 15.1. The van der Waals surface area contributed by atoms with Gasteiger partial charge in [0, 0.05) is 18.7 Å². The highest BCUT2D eigenvalue weighted by atomic mass is 32.2. The second kappa shape index (κ2) is 6.07. The van der Waals surface area contributed by atoms with Crippen LogP contribution >= 0.6 is 11.8 Å². The second-order valence-corrected chi connectivity index (χ2v) is 7.37. The maximum Gasteiger partial charge on any atom is 0.268 e. The number of para-hydroxylation sites is 1. The molecule has 0 saturated carbocycles. The van der Waals surface area contributed by atoms with E-state index in [4.69, 9.17) is 9.47 Å². The van der Waals surface area contributed by atoms with Crippen molar-refractivity contribution in [3.63, 3.8) is 0 Å². The predicted octanol–water partition coefficient (Wildman–Crippen LogP) is 1.23. The first kappa shape index (κ1) is 16.0. The van der Waals surface area contributed by atoms with E-state index in [1.165, 1.54) is 11.8 Å². The molecule has 3 aliphatic heterocycles. The molecule has 0 bridgehead atoms. The van der Waals surface area contributed by atoms with Gasteiger partial charge in [0.05, 0.1) is 6.10 Å². The average molecular weight is 349 g/mol. The van der Waals surface area contributed by atoms with E-state index >= 15 is 0 Å². The number of carbonyl (C=O) groups is 1. The van der Waals surface area contributed by atoms with Crippen LogP contribution in [0.25, 0.3) is 0 Å². The molecule has 0 spiro atoms. The van der Waals surface area contributed by atoms with Crippen molar-refractivity contribution in [2.24, 2.45) is 0 Å². The number of rotatable bonds is 1. The Morgan fingerprint density at radius 2 is 1.96 bits per heavy atom. The molecule has 7 heteroatoms. The average Bonchev–Trinajstić information content (AvgIpc) is 2.60. The Kier molecular flexibility index (Phi) is 4.04. The summed E-state index contributed by atoms with van der Waals surface area (Å²) < 4.78 is 11.5. The van der Waals surface area contributed by atoms with Gasteiger partial charge < -0.3 is 24.6 Å². The first-order valence-corrected chi connectivity index (χ1v) is 8.89. The minimum Gasteiger partial charge on any atom is -0.466 e. The first-order chi connectivity index (χ1) is 11.6. The molecule has 5 unspecified atom stereocenters. The molecule has 128 valence electrons. The fourth-order valence-corrected chi connectivity index (χ4v) is 4.55. The maximum atomic E-state index is 12.9. The topological polar surface area (TPSA) is 79.2 Å². The number of benzene rings is 1. The van der Waals surface area contributed by atoms with E-state index in [-0.39, 0.29) is 5.91 Å². The molecule has 1 aromatic rings. The molecule has 3 heterocycles. The Morgan fingerprint density at radius 3 is 2.71 bits per heavy atom. The van der Waals surface area contributed by atoms with E-state index in [0.29, 0.717) is 23.6 Å². The van der Waals surface area contributed by atoms with Crippen molar-refractivity contribution >= 4 is 23.4 Å². The van der Waals surface area contributed by atoms with Gasteiger partial charge in [-0.05, 0) is 19.1 Å². The zero-order valence-electron chi connectivity index (χ0n) is 13.2. The largest absolute Gasteiger partial charge is 0.466 e. The van der Waals surface area contributed by atoms with Gasteiger partial charge in [-0.3, -0.25) is 4.79 Å². The molecule has 1 aromatic carbocycles. The third-order valence-corrected chi connectivity index (χ3v) is 6.03. The Hall–Kier alpha value is -1.54. The van der Waals surface area contributed by atoms with Crippen LogP contribution in [-0.4, -0.2) is 52.5 Å². The lowest BCUT2D eigenvalue weighted by atomic mass is 10.0. The summed E-state index contributed by atoms with van der Waals surface area (Å²) in [5.41, 5.74) is 0.839. The number of amides is 1. The Morgan fingerprint density at radius 1 is 1.21 bits per heavy atom. The molecule has 1 amide bonds. The van der Waals surface area contributed by atoms with Crippen molar-refractivity contribution < 1.29 is 24.5 Å². The standard InChI is InChI=1S/C17H19NO5S/c1-9-12(19)13(20)15-17(22-9)23-11-7-8-18(16(21)14(11)24-15)10-5-3-2-4-6-10/h2-6,9,12-13,15,17,19-20H,7-8H2,1H3. The van der Waals surface area contributed by atoms with Crippen LogP contribution in [0.2, 0.25) is 0 Å². The maximum absolute atomic E-state index is 12.9. The lowest BCUT2D eigenvalue weighted by Crippen LogP contribution is -2.57. The molecule has 5 atom stereocenters. The molecule has 2 N–H and O–H groups in total. The van der Waals surface area contributed by atoms with Gasteiger partial charge in [-0.15, -0.1) is 11.8 Å². The number of fused-ring (bicyclic) bond motifs is 1. The van der Waals surface area contributed by atoms with Crippen LogP contribution in [0.3, 0.4) is 0 Å². The molecule has 1 saturated heterocycles. The van der Waals surface area contributed by atoms with Crippen LogP contribution in [0.1, 0.15) is 13.3 Å². The highest BCUT2D eigenvalue weighted by molar-refractivity contribution is 8.04. The van der Waals surface area contributed by atoms with Crippen molar-refractivity contribution in [1.82, 2.24) is 0 Å². The zero-order chi connectivity index (χ0) is 16.8. The Balaban J connectivity index is 1.61. The van der Waals surface area contributed by atoms with E-state index in [9.17, 15) is 15.0 Å². The highest BCUT2D eigenvalue weighted by Crippen LogP contribution is 2.44. The molecular formula is C17H19NO5S. The quantitative estimate of drug-likeness (QED) is 0.794. The van der Waals surface area contributed by atoms with Crippen LogP contribution in [-0.2, 0) is 14.3 Å². The minimum atomic E-state index is -1.00. The fourth-order valence-electron chi connectivity index (χ4n) is 3.25. The molecule has 3 aliphatic rings. The van der Waals surface area contributed by atoms with Gasteiger partial charge in [-0.2, -0.15) is 0 Å². The summed E-state index contributed by atoms with van der Waals surface area (Å²) in [5.74, 6) is 0.487. The van der Waals surface area contributed by atoms with Gasteiger partial charge >= 0.3 is 0 Å². The molecule has 6 nitrogen and oxygen atoms in total. The molecule has 1 fully saturated rings. The molecule has 4 rings (SSSR count). The molecule has 0 aliphatic carbocycles. The third-order valence-electron chi connectivity index (χ3n) is 4.62. The van der Waals surface area contributed by atoms with Gasteiger partial charge in [0.15, 0.2) is 0 Å². The molecule has 24 heavy (non-hydrogen) atoms. The number of aliphatic hydroxyl groups is 2. The van der Waals surface area contributed by atoms with Crippen molar-refractivity contribution in [2.45, 2.75) is 43.2 Å². The summed E-state index contributed by atoms with van der Waals surface area (Å²) >= 11 is 1.25. The Bertz CT molecular complexity index is 679. The van der Waals surface area contributed by atoms with Crippen molar-refractivity contribution in [2.75, 3.05) is 11.4 Å². The number of carbonyl (C=O) groups excluding carboxylic acids is 1. The van der Waals surface area contributed by atoms with E-state index in [1.54, 1.807) is 11.8 Å². The Labute approximate surface area is 144 Å². The van der Waals surface area contributed by atoms with Gasteiger partial charge in [0.1, 0.15) is 28.1 Å². The van der Waals surface area contributed by atoms with Crippen LogP contribution in [0.5, 0.6) is 0 Å². The van der Waals surface area contributed by atoms with Gasteiger partial charge in [-0.25, -0.2) is 0 Å². The molecule has 0 radical (unpaired) electrons. The second-order valence-electron chi connectivity index (χ2n) is 6.19. The number of aliphatic hydroxyl groups excluding tert-OH is 2. The molecular weight excluding hydrogens is 330 g/mol. The first-order valence-electron chi connectivity index (χ1n) is 8.01. The minimum absolute atomic E-state index is 0.133. The van der Waals surface area contributed by atoms with Crippen LogP contribution in [0, 0.1) is 0 Å². The zero-order valence-corrected chi connectivity index (χ0v) is 14.0. The number of hydrogen-bond donors (Lipinski definition) is 2. The summed E-state index contributed by atoms with van der Waals surface area (Å²) in [6.07, 6.45) is -2.55. The number of thioether (sulfide) groups is 1. The van der Waals surface area contributed by atoms with E-state index in [2.05, 4.69) is 0 Å². The fraction of sp³-hybridized carbons (Fsp3) is 0.471. The van der Waals surface area contributed by atoms with Crippen molar-refractivity contribution in [3.05, 3.63) is 41.0 Å². The number of ether oxygens (including phenoxy) is 2. The van der Waals surface area contributed by atoms with E-state index in [0.717, 1.165) is 5.69 Å². The summed E-state index contributed by atoms with van der Waals surface area (Å²) in [6.45, 7) is 2.24. The van der Waals surface area contributed by atoms with Gasteiger partial charge in [-0.1, -0.05) is 18.2 Å².